The number of rotatable bonds is 3. The molecule has 0 aliphatic heterocycles. The average Bonchev–Trinajstić information content (AvgIpc) is 2.86. The molecule has 118 valence electrons. The normalized spacial score (nSPS) is 10.7. The number of carbonyl (C=O) groups is 1. The fourth-order valence-electron chi connectivity index (χ4n) is 2.21. The predicted molar refractivity (Wildman–Crippen MR) is 88.6 cm³/mol. The first-order valence-electron chi connectivity index (χ1n) is 6.85. The summed E-state index contributed by atoms with van der Waals surface area (Å²) in [5, 5.41) is 3.14. The highest BCUT2D eigenvalue weighted by molar-refractivity contribution is 7.06. The van der Waals surface area contributed by atoms with E-state index in [2.05, 4.69) is 9.69 Å². The molecule has 7 heteroatoms. The molecule has 6 nitrogen and oxygen atoms in total. The Labute approximate surface area is 135 Å². The van der Waals surface area contributed by atoms with Gasteiger partial charge in [0.2, 0.25) is 0 Å². The highest BCUT2D eigenvalue weighted by Crippen LogP contribution is 2.24. The molecule has 3 rings (SSSR count). The molecule has 0 saturated heterocycles. The fourth-order valence-corrected chi connectivity index (χ4v) is 2.87. The molecule has 0 aliphatic rings. The van der Waals surface area contributed by atoms with E-state index >= 15 is 0 Å². The first-order chi connectivity index (χ1) is 11.0. The molecule has 2 heterocycles. The Morgan fingerprint density at radius 2 is 2.09 bits per heavy atom. The molecule has 1 N–H and O–H groups in total. The van der Waals surface area contributed by atoms with Crippen LogP contribution in [0.5, 0.6) is 5.75 Å². The number of aromatic nitrogens is 1. The van der Waals surface area contributed by atoms with Crippen LogP contribution in [0.1, 0.15) is 21.1 Å². The van der Waals surface area contributed by atoms with Gasteiger partial charge in [0.25, 0.3) is 5.91 Å². The van der Waals surface area contributed by atoms with Gasteiger partial charge in [-0.2, -0.15) is 4.37 Å². The van der Waals surface area contributed by atoms with Gasteiger partial charge in [-0.05, 0) is 37.5 Å². The summed E-state index contributed by atoms with van der Waals surface area (Å²) in [6.07, 6.45) is 0. The van der Waals surface area contributed by atoms with E-state index < -0.39 is 5.91 Å². The van der Waals surface area contributed by atoms with Gasteiger partial charge in [-0.1, -0.05) is 0 Å². The highest BCUT2D eigenvalue weighted by Gasteiger charge is 2.16. The predicted octanol–water partition coefficient (Wildman–Crippen LogP) is 3.13. The molecule has 0 unspecified atom stereocenters. The van der Waals surface area contributed by atoms with Crippen LogP contribution in [-0.2, 0) is 0 Å². The smallest absolute Gasteiger partial charge is 0.291 e. The number of nitrogens with zero attached hydrogens (tertiary/aromatic N) is 1. The third-order valence-electron chi connectivity index (χ3n) is 3.43. The highest BCUT2D eigenvalue weighted by atomic mass is 32.1. The first-order valence-corrected chi connectivity index (χ1v) is 7.63. The van der Waals surface area contributed by atoms with Crippen molar-refractivity contribution in [3.8, 4) is 5.75 Å². The van der Waals surface area contributed by atoms with Crippen LogP contribution < -0.4 is 15.5 Å². The second kappa shape index (κ2) is 5.85. The van der Waals surface area contributed by atoms with Gasteiger partial charge in [0.15, 0.2) is 11.2 Å². The van der Waals surface area contributed by atoms with Crippen molar-refractivity contribution in [1.29, 1.82) is 0 Å². The van der Waals surface area contributed by atoms with Gasteiger partial charge in [0.1, 0.15) is 11.3 Å². The molecule has 0 radical (unpaired) electrons. The first kappa shape index (κ1) is 15.2. The Morgan fingerprint density at radius 3 is 2.74 bits per heavy atom. The maximum atomic E-state index is 12.4. The summed E-state index contributed by atoms with van der Waals surface area (Å²) in [5.74, 6) is 0.00547. The molecular weight excluding hydrogens is 316 g/mol. The standard InChI is InChI=1S/C16H14N2O4S/c1-8-15(9(2)23-18-8)17-16(20)14-7-12(19)11-5-4-10(21-3)6-13(11)22-14/h4-7H,1-3H3,(H,17,20). The second-order valence-electron chi connectivity index (χ2n) is 4.99. The number of anilines is 1. The van der Waals surface area contributed by atoms with Gasteiger partial charge in [-0.25, -0.2) is 0 Å². The van der Waals surface area contributed by atoms with Gasteiger partial charge < -0.3 is 14.5 Å². The second-order valence-corrected chi connectivity index (χ2v) is 5.97. The summed E-state index contributed by atoms with van der Waals surface area (Å²) >= 11 is 1.31. The lowest BCUT2D eigenvalue weighted by Crippen LogP contribution is -2.15. The number of methoxy groups -OCH3 is 1. The van der Waals surface area contributed by atoms with E-state index in [0.29, 0.717) is 22.4 Å². The summed E-state index contributed by atoms with van der Waals surface area (Å²) in [5.41, 5.74) is 1.40. The minimum Gasteiger partial charge on any atom is -0.497 e. The maximum absolute atomic E-state index is 12.4. The van der Waals surface area contributed by atoms with Crippen LogP contribution in [0.25, 0.3) is 11.0 Å². The van der Waals surface area contributed by atoms with Crippen molar-refractivity contribution in [3.05, 3.63) is 50.8 Å². The van der Waals surface area contributed by atoms with Crippen LogP contribution in [0.4, 0.5) is 5.69 Å². The number of nitrogens with one attached hydrogen (secondary N) is 1. The summed E-state index contributed by atoms with van der Waals surface area (Å²) < 4.78 is 14.8. The van der Waals surface area contributed by atoms with Gasteiger partial charge >= 0.3 is 0 Å². The number of carbonyl (C=O) groups excluding carboxylic acids is 1. The molecule has 23 heavy (non-hydrogen) atoms. The Balaban J connectivity index is 2.02. The molecule has 1 amide bonds. The van der Waals surface area contributed by atoms with Crippen molar-refractivity contribution in [2.24, 2.45) is 0 Å². The van der Waals surface area contributed by atoms with Gasteiger partial charge in [0, 0.05) is 17.0 Å². The average molecular weight is 330 g/mol. The number of amides is 1. The summed E-state index contributed by atoms with van der Waals surface area (Å²) in [6.45, 7) is 3.67. The Bertz CT molecular complexity index is 939. The molecule has 0 saturated carbocycles. The topological polar surface area (TPSA) is 81.4 Å². The van der Waals surface area contributed by atoms with Gasteiger partial charge in [-0.3, -0.25) is 9.59 Å². The van der Waals surface area contributed by atoms with Crippen molar-refractivity contribution in [3.63, 3.8) is 0 Å². The lowest BCUT2D eigenvalue weighted by molar-refractivity contribution is 0.0997. The lowest BCUT2D eigenvalue weighted by atomic mass is 10.2. The number of hydrogen-bond acceptors (Lipinski definition) is 6. The van der Waals surface area contributed by atoms with E-state index in [1.165, 1.54) is 24.7 Å². The molecule has 0 fully saturated rings. The van der Waals surface area contributed by atoms with E-state index in [1.54, 1.807) is 25.1 Å². The van der Waals surface area contributed by atoms with Crippen molar-refractivity contribution in [2.75, 3.05) is 12.4 Å². The third-order valence-corrected chi connectivity index (χ3v) is 4.28. The Hall–Kier alpha value is -2.67. The van der Waals surface area contributed by atoms with E-state index in [-0.39, 0.29) is 11.2 Å². The molecule has 0 bridgehead atoms. The molecule has 2 aromatic heterocycles. The number of hydrogen-bond donors (Lipinski definition) is 1. The van der Waals surface area contributed by atoms with E-state index in [9.17, 15) is 9.59 Å². The number of aryl methyl sites for hydroxylation is 2. The SMILES string of the molecule is COc1ccc2c(=O)cc(C(=O)Nc3c(C)nsc3C)oc2c1. The maximum Gasteiger partial charge on any atom is 0.291 e. The lowest BCUT2D eigenvalue weighted by Gasteiger charge is -2.06. The van der Waals surface area contributed by atoms with Crippen molar-refractivity contribution < 1.29 is 13.9 Å². The van der Waals surface area contributed by atoms with E-state index in [4.69, 9.17) is 9.15 Å². The molecular formula is C16H14N2O4S. The van der Waals surface area contributed by atoms with Crippen molar-refractivity contribution in [2.45, 2.75) is 13.8 Å². The minimum atomic E-state index is -0.488. The summed E-state index contributed by atoms with van der Waals surface area (Å²) in [6, 6.07) is 6.05. The number of fused-ring (bicyclic) bond motifs is 1. The zero-order chi connectivity index (χ0) is 16.6. The number of ether oxygens (including phenoxy) is 1. The Morgan fingerprint density at radius 1 is 1.30 bits per heavy atom. The van der Waals surface area contributed by atoms with Crippen molar-refractivity contribution >= 4 is 34.1 Å². The Kier molecular flexibility index (Phi) is 3.87. The van der Waals surface area contributed by atoms with Crippen LogP contribution in [0, 0.1) is 13.8 Å². The van der Waals surface area contributed by atoms with Crippen LogP contribution in [0.3, 0.4) is 0 Å². The van der Waals surface area contributed by atoms with Crippen LogP contribution in [0.2, 0.25) is 0 Å². The van der Waals surface area contributed by atoms with E-state index in [0.717, 1.165) is 10.6 Å². The monoisotopic (exact) mass is 330 g/mol. The fraction of sp³-hybridized carbons (Fsp3) is 0.188. The molecule has 0 aliphatic carbocycles. The van der Waals surface area contributed by atoms with Crippen LogP contribution >= 0.6 is 11.5 Å². The zero-order valence-corrected chi connectivity index (χ0v) is 13.6. The quantitative estimate of drug-likeness (QED) is 0.798. The molecule has 1 aromatic carbocycles. The zero-order valence-electron chi connectivity index (χ0n) is 12.8. The van der Waals surface area contributed by atoms with Gasteiger partial charge in [-0.15, -0.1) is 0 Å². The minimum absolute atomic E-state index is 0.0549. The van der Waals surface area contributed by atoms with E-state index in [1.807, 2.05) is 6.92 Å². The van der Waals surface area contributed by atoms with Crippen LogP contribution in [0.15, 0.2) is 33.5 Å². The molecule has 0 spiro atoms. The largest absolute Gasteiger partial charge is 0.497 e. The van der Waals surface area contributed by atoms with Crippen LogP contribution in [-0.4, -0.2) is 17.4 Å². The molecule has 3 aromatic rings. The summed E-state index contributed by atoms with van der Waals surface area (Å²) in [7, 11) is 1.52. The third kappa shape index (κ3) is 2.83. The summed E-state index contributed by atoms with van der Waals surface area (Å²) in [4.78, 5) is 25.4. The number of benzene rings is 1. The molecule has 0 atom stereocenters. The van der Waals surface area contributed by atoms with Gasteiger partial charge in [0.05, 0.1) is 23.9 Å². The van der Waals surface area contributed by atoms with Crippen molar-refractivity contribution in [1.82, 2.24) is 4.37 Å².